The molecule has 0 aliphatic carbocycles. The van der Waals surface area contributed by atoms with Crippen molar-refractivity contribution in [2.75, 3.05) is 13.2 Å². The van der Waals surface area contributed by atoms with Crippen LogP contribution in [0, 0.1) is 0 Å². The van der Waals surface area contributed by atoms with Gasteiger partial charge in [0.2, 0.25) is 0 Å². The molecule has 2 atom stereocenters. The maximum atomic E-state index is 12.4. The topological polar surface area (TPSA) is 404 Å². The molecule has 0 bridgehead atoms. The summed E-state index contributed by atoms with van der Waals surface area (Å²) >= 11 is 0. The van der Waals surface area contributed by atoms with E-state index in [-0.39, 0.29) is 0 Å². The first-order valence-corrected chi connectivity index (χ1v) is 21.0. The van der Waals surface area contributed by atoms with E-state index in [0.717, 1.165) is 0 Å². The minimum absolute atomic E-state index is 1.81. The largest absolute Gasteiger partial charge is 0.424 e. The van der Waals surface area contributed by atoms with Crippen molar-refractivity contribution >= 4 is 60.0 Å². The fraction of sp³-hybridized carbons (Fsp3) is 1.00. The fourth-order valence-electron chi connectivity index (χ4n) is 1.67. The third kappa shape index (κ3) is 8.35. The lowest BCUT2D eigenvalue weighted by molar-refractivity contribution is 0.199. The molecule has 32 heteroatoms. The Bertz CT molecular complexity index is 997. The molecule has 0 spiro atoms. The van der Waals surface area contributed by atoms with Crippen LogP contribution in [0.2, 0.25) is 0 Å². The Labute approximate surface area is 186 Å². The first-order valence-electron chi connectivity index (χ1n) is 6.90. The summed E-state index contributed by atoms with van der Waals surface area (Å²) in [6, 6.07) is 0. The smallest absolute Gasteiger partial charge is 0.317 e. The minimum atomic E-state index is -6.68. The zero-order valence-corrected chi connectivity index (χ0v) is 22.5. The van der Waals surface area contributed by atoms with E-state index in [1.165, 1.54) is 0 Å². The SMILES string of the molecule is O=P(O)(O)N(P(=O)(O)O)P(=O)(OCCOP(=O)(N(P(=O)(O)O)P(=O)(O)O)P(=O)(O)O)P(=O)(O)O. The van der Waals surface area contributed by atoms with Crippen molar-refractivity contribution in [1.29, 1.82) is 0 Å². The highest BCUT2D eigenvalue weighted by Gasteiger charge is 2.64. The summed E-state index contributed by atoms with van der Waals surface area (Å²) in [5.41, 5.74) is 0. The highest BCUT2D eigenvalue weighted by Crippen LogP contribution is 2.90. The standard InChI is InChI=1S/C2H16N2O22P8/c5-27(6,7)3(28(8,9)10)31(17,33(19,20)21)25-1-2-26-32(18,34(22,23)24)4(29(11,12)13)30(14,15)16/h1-2H2,(H2,5,6,7)(H2,8,9,10)(H2,11,12,13)(H2,14,15,16)(H2,19,20,21)(H2,22,23,24). The molecule has 0 radical (unpaired) electrons. The van der Waals surface area contributed by atoms with Crippen LogP contribution in [-0.4, -0.2) is 80.4 Å². The summed E-state index contributed by atoms with van der Waals surface area (Å²) in [4.78, 5) is 108. The molecule has 0 aromatic heterocycles. The third-order valence-corrected chi connectivity index (χ3v) is 23.6. The van der Waals surface area contributed by atoms with Gasteiger partial charge in [0.1, 0.15) is 0 Å². The van der Waals surface area contributed by atoms with Gasteiger partial charge >= 0.3 is 60.0 Å². The van der Waals surface area contributed by atoms with Crippen molar-refractivity contribution < 1.29 is 104 Å². The first-order chi connectivity index (χ1) is 14.4. The Kier molecular flexibility index (Phi) is 11.1. The van der Waals surface area contributed by atoms with E-state index in [1.807, 2.05) is 0 Å². The van der Waals surface area contributed by atoms with Crippen LogP contribution in [0.3, 0.4) is 0 Å². The van der Waals surface area contributed by atoms with Crippen molar-refractivity contribution in [2.45, 2.75) is 0 Å². The zero-order chi connectivity index (χ0) is 28.0. The first kappa shape index (κ1) is 35.2. The summed E-state index contributed by atoms with van der Waals surface area (Å²) in [6.45, 7) is -3.86. The Hall–Kier alpha value is 1.20. The Balaban J connectivity index is 6.35. The molecule has 0 amide bonds. The lowest BCUT2D eigenvalue weighted by Crippen LogP contribution is -2.19. The van der Waals surface area contributed by atoms with Gasteiger partial charge in [0, 0.05) is 0 Å². The fourth-order valence-corrected chi connectivity index (χ4v) is 21.1. The average molecular weight is 668 g/mol. The molecule has 0 saturated heterocycles. The van der Waals surface area contributed by atoms with Crippen LogP contribution in [0.15, 0.2) is 0 Å². The van der Waals surface area contributed by atoms with Crippen molar-refractivity contribution in [1.82, 2.24) is 8.42 Å². The van der Waals surface area contributed by atoms with Gasteiger partial charge in [0.15, 0.2) is 0 Å². The van der Waals surface area contributed by atoms with Crippen LogP contribution < -0.4 is 0 Å². The predicted octanol–water partition coefficient (Wildman–Crippen LogP) is -1.43. The van der Waals surface area contributed by atoms with Crippen LogP contribution in [0.25, 0.3) is 0 Å². The molecule has 2 unspecified atom stereocenters. The van der Waals surface area contributed by atoms with E-state index in [9.17, 15) is 36.5 Å². The van der Waals surface area contributed by atoms with E-state index in [4.69, 9.17) is 58.7 Å². The maximum Gasteiger partial charge on any atom is 0.424 e. The second-order valence-electron chi connectivity index (χ2n) is 5.26. The van der Waals surface area contributed by atoms with Crippen LogP contribution >= 0.6 is 60.0 Å². The van der Waals surface area contributed by atoms with E-state index in [1.54, 1.807) is 0 Å². The van der Waals surface area contributed by atoms with Crippen molar-refractivity contribution in [3.63, 3.8) is 0 Å². The second-order valence-corrected chi connectivity index (χ2v) is 24.4. The predicted molar refractivity (Wildman–Crippen MR) is 103 cm³/mol. The number of hydrogen-bond acceptors (Lipinski definition) is 10. The molecule has 206 valence electrons. The molecular formula is C2H16N2O22P8. The van der Waals surface area contributed by atoms with Crippen LogP contribution in [0.4, 0.5) is 0 Å². The molecule has 0 rings (SSSR count). The minimum Gasteiger partial charge on any atom is -0.317 e. The summed E-state index contributed by atoms with van der Waals surface area (Å²) in [5.74, 6) is 0. The molecule has 0 aromatic carbocycles. The van der Waals surface area contributed by atoms with Crippen molar-refractivity contribution in [3.8, 4) is 0 Å². The lowest BCUT2D eigenvalue weighted by atomic mass is 10.8. The van der Waals surface area contributed by atoms with Gasteiger partial charge in [-0.2, -0.15) is 0 Å². The van der Waals surface area contributed by atoms with Gasteiger partial charge in [-0.3, -0.25) is 9.13 Å². The van der Waals surface area contributed by atoms with Gasteiger partial charge in [0.25, 0.3) is 0 Å². The number of nitrogens with zero attached hydrogens (tertiary/aromatic N) is 2. The maximum absolute atomic E-state index is 12.4. The molecule has 0 saturated carbocycles. The molecular weight excluding hydrogens is 652 g/mol. The van der Waals surface area contributed by atoms with E-state index < -0.39 is 81.6 Å². The number of rotatable bonds is 13. The van der Waals surface area contributed by atoms with Gasteiger partial charge in [-0.15, -0.1) is 0 Å². The zero-order valence-electron chi connectivity index (χ0n) is 15.3. The summed E-state index contributed by atoms with van der Waals surface area (Å²) in [6.07, 6.45) is 0. The quantitative estimate of drug-likeness (QED) is 0.0790. The van der Waals surface area contributed by atoms with E-state index >= 15 is 0 Å². The van der Waals surface area contributed by atoms with Gasteiger partial charge in [-0.25, -0.2) is 27.4 Å². The summed E-state index contributed by atoms with van der Waals surface area (Å²) in [7, 11) is -52.6. The Morgan fingerprint density at radius 1 is 0.412 bits per heavy atom. The summed E-state index contributed by atoms with van der Waals surface area (Å²) < 4.78 is 97.0. The average Bonchev–Trinajstić information content (AvgIpc) is 2.43. The molecule has 0 aliphatic heterocycles. The molecule has 0 aromatic rings. The highest BCUT2D eigenvalue weighted by molar-refractivity contribution is 8.31. The van der Waals surface area contributed by atoms with Crippen LogP contribution in [0.5, 0.6) is 0 Å². The molecule has 0 aliphatic rings. The van der Waals surface area contributed by atoms with Gasteiger partial charge in [0.05, 0.1) is 13.2 Å². The second kappa shape index (κ2) is 10.8. The monoisotopic (exact) mass is 668 g/mol. The van der Waals surface area contributed by atoms with E-state index in [2.05, 4.69) is 9.05 Å². The van der Waals surface area contributed by atoms with Gasteiger partial charge in [-0.1, -0.05) is 0 Å². The van der Waals surface area contributed by atoms with Crippen molar-refractivity contribution in [2.24, 2.45) is 0 Å². The van der Waals surface area contributed by atoms with Crippen LogP contribution in [0.1, 0.15) is 0 Å². The lowest BCUT2D eigenvalue weighted by Gasteiger charge is -2.32. The third-order valence-electron chi connectivity index (χ3n) is 2.64. The Morgan fingerprint density at radius 2 is 0.588 bits per heavy atom. The van der Waals surface area contributed by atoms with Gasteiger partial charge < -0.3 is 67.8 Å². The molecule has 0 fully saturated rings. The number of hydrogen-bond donors (Lipinski definition) is 12. The molecule has 12 N–H and O–H groups in total. The molecule has 34 heavy (non-hydrogen) atoms. The normalized spacial score (nSPS) is 18.6. The van der Waals surface area contributed by atoms with Crippen molar-refractivity contribution in [3.05, 3.63) is 0 Å². The summed E-state index contributed by atoms with van der Waals surface area (Å²) in [5, 5.41) is 0. The molecule has 24 nitrogen and oxygen atoms in total. The highest BCUT2D eigenvalue weighted by atomic mass is 32.1. The van der Waals surface area contributed by atoms with Crippen LogP contribution in [-0.2, 0) is 45.6 Å². The Morgan fingerprint density at radius 3 is 0.706 bits per heavy atom. The van der Waals surface area contributed by atoms with E-state index in [0.29, 0.717) is 0 Å². The molecule has 0 heterocycles. The van der Waals surface area contributed by atoms with Gasteiger partial charge in [-0.05, 0) is 8.42 Å².